The molecule has 1 saturated heterocycles. The maximum Gasteiger partial charge on any atom is 0.339 e. The molecule has 1 aromatic heterocycles. The van der Waals surface area contributed by atoms with Crippen LogP contribution in [0.4, 0.5) is 5.82 Å². The normalized spacial score (nSPS) is 17.9. The molecule has 0 aliphatic carbocycles. The van der Waals surface area contributed by atoms with Gasteiger partial charge in [-0.05, 0) is 45.0 Å². The van der Waals surface area contributed by atoms with Gasteiger partial charge in [0.25, 0.3) is 0 Å². The summed E-state index contributed by atoms with van der Waals surface area (Å²) in [5.74, 6) is -0.486. The minimum Gasteiger partial charge on any atom is -0.478 e. The predicted molar refractivity (Wildman–Crippen MR) is 74.6 cm³/mol. The molecule has 1 aliphatic heterocycles. The van der Waals surface area contributed by atoms with Crippen LogP contribution in [-0.2, 0) is 0 Å². The lowest BCUT2D eigenvalue weighted by Crippen LogP contribution is -2.41. The number of pyridine rings is 1. The first-order chi connectivity index (χ1) is 9.18. The second-order valence-corrected chi connectivity index (χ2v) is 5.03. The summed E-state index contributed by atoms with van der Waals surface area (Å²) in [6.07, 6.45) is 5.45. The molecule has 0 spiro atoms. The van der Waals surface area contributed by atoms with Crippen molar-refractivity contribution in [2.45, 2.75) is 32.2 Å². The van der Waals surface area contributed by atoms with Crippen molar-refractivity contribution in [3.05, 3.63) is 23.9 Å². The van der Waals surface area contributed by atoms with Crippen molar-refractivity contribution >= 4 is 11.8 Å². The summed E-state index contributed by atoms with van der Waals surface area (Å²) < 4.78 is 0. The molecule has 1 aromatic rings. The lowest BCUT2D eigenvalue weighted by Gasteiger charge is -2.32. The first-order valence-corrected chi connectivity index (χ1v) is 6.84. The standard InChI is InChI=1S/C14H21N3O2/c1-11(17-8-3-2-4-9-17)10-16-13-12(14(18)19)6-5-7-15-13/h5-7,11H,2-4,8-10H2,1H3,(H,15,16)(H,18,19). The zero-order chi connectivity index (χ0) is 13.7. The Morgan fingerprint density at radius 3 is 2.89 bits per heavy atom. The number of carbonyl (C=O) groups is 1. The van der Waals surface area contributed by atoms with Gasteiger partial charge in [0.2, 0.25) is 0 Å². The second-order valence-electron chi connectivity index (χ2n) is 5.03. The van der Waals surface area contributed by atoms with Crippen molar-refractivity contribution in [3.8, 4) is 0 Å². The number of hydrogen-bond acceptors (Lipinski definition) is 4. The van der Waals surface area contributed by atoms with E-state index in [-0.39, 0.29) is 5.56 Å². The van der Waals surface area contributed by atoms with Crippen LogP contribution in [0.5, 0.6) is 0 Å². The van der Waals surface area contributed by atoms with Gasteiger partial charge in [-0.2, -0.15) is 0 Å². The number of nitrogens with one attached hydrogen (secondary N) is 1. The van der Waals surface area contributed by atoms with Gasteiger partial charge < -0.3 is 10.4 Å². The van der Waals surface area contributed by atoms with E-state index in [9.17, 15) is 4.79 Å². The Morgan fingerprint density at radius 1 is 1.47 bits per heavy atom. The van der Waals surface area contributed by atoms with Gasteiger partial charge in [-0.15, -0.1) is 0 Å². The molecule has 0 amide bonds. The van der Waals surface area contributed by atoms with Crippen LogP contribution in [0.2, 0.25) is 0 Å². The fourth-order valence-electron chi connectivity index (χ4n) is 2.45. The summed E-state index contributed by atoms with van der Waals surface area (Å²) in [5.41, 5.74) is 0.230. The lowest BCUT2D eigenvalue weighted by atomic mass is 10.1. The Bertz CT molecular complexity index is 430. The zero-order valence-corrected chi connectivity index (χ0v) is 11.3. The molecule has 5 heteroatoms. The van der Waals surface area contributed by atoms with Gasteiger partial charge >= 0.3 is 5.97 Å². The van der Waals surface area contributed by atoms with Crippen LogP contribution in [0.3, 0.4) is 0 Å². The quantitative estimate of drug-likeness (QED) is 0.851. The molecule has 2 heterocycles. The number of nitrogens with zero attached hydrogens (tertiary/aromatic N) is 2. The molecule has 0 saturated carbocycles. The number of carboxylic acids is 1. The van der Waals surface area contributed by atoms with Gasteiger partial charge in [0.1, 0.15) is 11.4 Å². The Labute approximate surface area is 113 Å². The molecule has 0 aromatic carbocycles. The van der Waals surface area contributed by atoms with E-state index in [0.29, 0.717) is 11.9 Å². The first-order valence-electron chi connectivity index (χ1n) is 6.84. The molecule has 104 valence electrons. The van der Waals surface area contributed by atoms with Gasteiger partial charge in [0.15, 0.2) is 0 Å². The summed E-state index contributed by atoms with van der Waals surface area (Å²) in [5, 5.41) is 12.2. The molecule has 1 atom stereocenters. The molecule has 2 rings (SSSR count). The smallest absolute Gasteiger partial charge is 0.339 e. The topological polar surface area (TPSA) is 65.5 Å². The minimum atomic E-state index is -0.943. The van der Waals surface area contributed by atoms with Crippen molar-refractivity contribution in [3.63, 3.8) is 0 Å². The number of piperidine rings is 1. The summed E-state index contributed by atoms with van der Waals surface area (Å²) >= 11 is 0. The average molecular weight is 263 g/mol. The monoisotopic (exact) mass is 263 g/mol. The highest BCUT2D eigenvalue weighted by atomic mass is 16.4. The number of aromatic carboxylic acids is 1. The van der Waals surface area contributed by atoms with Gasteiger partial charge in [-0.3, -0.25) is 4.90 Å². The molecule has 1 fully saturated rings. The summed E-state index contributed by atoms with van der Waals surface area (Å²) in [6, 6.07) is 3.61. The van der Waals surface area contributed by atoms with Crippen LogP contribution in [0, 0.1) is 0 Å². The fourth-order valence-corrected chi connectivity index (χ4v) is 2.45. The maximum absolute atomic E-state index is 11.1. The third kappa shape index (κ3) is 3.67. The molecule has 19 heavy (non-hydrogen) atoms. The number of anilines is 1. The number of likely N-dealkylation sites (tertiary alicyclic amines) is 1. The Kier molecular flexibility index (Phi) is 4.74. The molecule has 1 aliphatic rings. The van der Waals surface area contributed by atoms with Crippen LogP contribution in [-0.4, -0.2) is 46.6 Å². The lowest BCUT2D eigenvalue weighted by molar-refractivity contribution is 0.0697. The van der Waals surface area contributed by atoms with Crippen molar-refractivity contribution in [2.24, 2.45) is 0 Å². The van der Waals surface area contributed by atoms with Crippen LogP contribution in [0.25, 0.3) is 0 Å². The number of hydrogen-bond donors (Lipinski definition) is 2. The highest BCUT2D eigenvalue weighted by molar-refractivity contribution is 5.92. The van der Waals surface area contributed by atoms with E-state index in [0.717, 1.165) is 19.6 Å². The van der Waals surface area contributed by atoms with Crippen LogP contribution < -0.4 is 5.32 Å². The second kappa shape index (κ2) is 6.52. The van der Waals surface area contributed by atoms with Gasteiger partial charge in [-0.25, -0.2) is 9.78 Å². The maximum atomic E-state index is 11.1. The number of carboxylic acid groups (broad SMARTS) is 1. The third-order valence-corrected chi connectivity index (χ3v) is 3.62. The van der Waals surface area contributed by atoms with Crippen molar-refractivity contribution < 1.29 is 9.90 Å². The van der Waals surface area contributed by atoms with Crippen LogP contribution in [0.1, 0.15) is 36.5 Å². The molecular weight excluding hydrogens is 242 g/mol. The highest BCUT2D eigenvalue weighted by Crippen LogP contribution is 2.14. The van der Waals surface area contributed by atoms with Crippen molar-refractivity contribution in [1.82, 2.24) is 9.88 Å². The van der Waals surface area contributed by atoms with E-state index >= 15 is 0 Å². The molecule has 0 bridgehead atoms. The first kappa shape index (κ1) is 13.8. The average Bonchev–Trinajstić information content (AvgIpc) is 2.46. The van der Waals surface area contributed by atoms with E-state index in [4.69, 9.17) is 5.11 Å². The van der Waals surface area contributed by atoms with Gasteiger partial charge in [-0.1, -0.05) is 6.42 Å². The van der Waals surface area contributed by atoms with Crippen LogP contribution in [0.15, 0.2) is 18.3 Å². The van der Waals surface area contributed by atoms with Crippen molar-refractivity contribution in [2.75, 3.05) is 25.0 Å². The van der Waals surface area contributed by atoms with E-state index < -0.39 is 5.97 Å². The molecule has 2 N–H and O–H groups in total. The van der Waals surface area contributed by atoms with Crippen molar-refractivity contribution in [1.29, 1.82) is 0 Å². The minimum absolute atomic E-state index is 0.230. The molecular formula is C14H21N3O2. The largest absolute Gasteiger partial charge is 0.478 e. The third-order valence-electron chi connectivity index (χ3n) is 3.62. The molecule has 1 unspecified atom stereocenters. The predicted octanol–water partition coefficient (Wildman–Crippen LogP) is 2.07. The van der Waals surface area contributed by atoms with Gasteiger partial charge in [0, 0.05) is 18.8 Å². The van der Waals surface area contributed by atoms with E-state index in [1.807, 2.05) is 0 Å². The summed E-state index contributed by atoms with van der Waals surface area (Å²) in [7, 11) is 0. The van der Waals surface area contributed by atoms with E-state index in [1.165, 1.54) is 19.3 Å². The van der Waals surface area contributed by atoms with E-state index in [1.54, 1.807) is 18.3 Å². The van der Waals surface area contributed by atoms with Crippen LogP contribution >= 0.6 is 0 Å². The Hall–Kier alpha value is -1.62. The summed E-state index contributed by atoms with van der Waals surface area (Å²) in [4.78, 5) is 17.6. The highest BCUT2D eigenvalue weighted by Gasteiger charge is 2.17. The number of rotatable bonds is 5. The van der Waals surface area contributed by atoms with Gasteiger partial charge in [0.05, 0.1) is 0 Å². The zero-order valence-electron chi connectivity index (χ0n) is 11.3. The summed E-state index contributed by atoms with van der Waals surface area (Å²) in [6.45, 7) is 5.16. The Morgan fingerprint density at radius 2 is 2.21 bits per heavy atom. The fraction of sp³-hybridized carbons (Fsp3) is 0.571. The molecule has 5 nitrogen and oxygen atoms in total. The van der Waals surface area contributed by atoms with E-state index in [2.05, 4.69) is 22.1 Å². The SMILES string of the molecule is CC(CNc1ncccc1C(=O)O)N1CCCCC1. The Balaban J connectivity index is 1.92. The molecule has 0 radical (unpaired) electrons. The number of aromatic nitrogens is 1.